The van der Waals surface area contributed by atoms with Crippen molar-refractivity contribution in [2.45, 2.75) is 32.2 Å². The minimum atomic E-state index is -1.12. The number of aromatic nitrogens is 3. The van der Waals surface area contributed by atoms with Gasteiger partial charge in [-0.3, -0.25) is 4.79 Å². The third-order valence-electron chi connectivity index (χ3n) is 3.08. The number of amides is 1. The number of carboxylic acids is 1. The first-order chi connectivity index (χ1) is 8.68. The molecule has 1 saturated heterocycles. The maximum atomic E-state index is 12.0. The van der Waals surface area contributed by atoms with E-state index in [2.05, 4.69) is 10.3 Å². The van der Waals surface area contributed by atoms with E-state index in [1.807, 2.05) is 0 Å². The lowest BCUT2D eigenvalue weighted by Gasteiger charge is -2.20. The van der Waals surface area contributed by atoms with E-state index in [0.29, 0.717) is 0 Å². The molecule has 7 heteroatoms. The Balaban J connectivity index is 2.01. The molecule has 0 bridgehead atoms. The van der Waals surface area contributed by atoms with Gasteiger partial charge in [0.1, 0.15) is 6.54 Å². The third kappa shape index (κ3) is 2.85. The fourth-order valence-electron chi connectivity index (χ4n) is 2.09. The number of aromatic carboxylic acids is 1. The summed E-state index contributed by atoms with van der Waals surface area (Å²) in [6, 6.07) is 0. The van der Waals surface area contributed by atoms with E-state index in [-0.39, 0.29) is 18.1 Å². The molecule has 2 heterocycles. The van der Waals surface area contributed by atoms with E-state index in [9.17, 15) is 9.59 Å². The van der Waals surface area contributed by atoms with E-state index >= 15 is 0 Å². The van der Waals surface area contributed by atoms with E-state index in [1.165, 1.54) is 0 Å². The van der Waals surface area contributed by atoms with Crippen LogP contribution in [0.25, 0.3) is 0 Å². The van der Waals surface area contributed by atoms with Crippen molar-refractivity contribution in [3.05, 3.63) is 11.9 Å². The summed E-state index contributed by atoms with van der Waals surface area (Å²) >= 11 is 0. The second-order valence-electron chi connectivity index (χ2n) is 4.38. The van der Waals surface area contributed by atoms with Gasteiger partial charge in [-0.05, 0) is 12.8 Å². The zero-order valence-electron chi connectivity index (χ0n) is 10.1. The number of carbonyl (C=O) groups excluding carboxylic acids is 1. The molecule has 1 amide bonds. The maximum Gasteiger partial charge on any atom is 0.355 e. The molecule has 0 radical (unpaired) electrons. The SMILES string of the molecule is O=C(O)c1cnnn1CC(=O)N1CCCCCC1. The molecule has 98 valence electrons. The molecule has 1 aromatic rings. The van der Waals surface area contributed by atoms with Crippen molar-refractivity contribution in [1.82, 2.24) is 19.9 Å². The molecule has 1 aliphatic heterocycles. The molecule has 0 spiro atoms. The summed E-state index contributed by atoms with van der Waals surface area (Å²) in [5, 5.41) is 16.1. The van der Waals surface area contributed by atoms with Crippen molar-refractivity contribution < 1.29 is 14.7 Å². The Bertz CT molecular complexity index is 435. The number of likely N-dealkylation sites (tertiary alicyclic amines) is 1. The molecule has 18 heavy (non-hydrogen) atoms. The Kier molecular flexibility index (Phi) is 3.91. The number of hydrogen-bond acceptors (Lipinski definition) is 4. The van der Waals surface area contributed by atoms with Crippen LogP contribution in [0.4, 0.5) is 0 Å². The molecule has 0 atom stereocenters. The van der Waals surface area contributed by atoms with Crippen LogP contribution in [0.2, 0.25) is 0 Å². The first kappa shape index (κ1) is 12.5. The van der Waals surface area contributed by atoms with Crippen molar-refractivity contribution in [2.24, 2.45) is 0 Å². The van der Waals surface area contributed by atoms with Crippen LogP contribution < -0.4 is 0 Å². The van der Waals surface area contributed by atoms with Gasteiger partial charge in [0.05, 0.1) is 6.20 Å². The summed E-state index contributed by atoms with van der Waals surface area (Å²) < 4.78 is 1.13. The van der Waals surface area contributed by atoms with Crippen LogP contribution in [0.5, 0.6) is 0 Å². The lowest BCUT2D eigenvalue weighted by atomic mass is 10.2. The smallest absolute Gasteiger partial charge is 0.355 e. The van der Waals surface area contributed by atoms with E-state index < -0.39 is 5.97 Å². The van der Waals surface area contributed by atoms with Crippen molar-refractivity contribution >= 4 is 11.9 Å². The molecule has 0 aliphatic carbocycles. The van der Waals surface area contributed by atoms with Gasteiger partial charge in [0.25, 0.3) is 0 Å². The quantitative estimate of drug-likeness (QED) is 0.840. The van der Waals surface area contributed by atoms with Crippen molar-refractivity contribution in [2.75, 3.05) is 13.1 Å². The predicted molar refractivity (Wildman–Crippen MR) is 62.0 cm³/mol. The number of rotatable bonds is 3. The summed E-state index contributed by atoms with van der Waals surface area (Å²) in [7, 11) is 0. The average molecular weight is 252 g/mol. The maximum absolute atomic E-state index is 12.0. The summed E-state index contributed by atoms with van der Waals surface area (Å²) in [5.41, 5.74) is -0.0572. The summed E-state index contributed by atoms with van der Waals surface area (Å²) in [5.74, 6) is -1.21. The molecule has 1 aliphatic rings. The van der Waals surface area contributed by atoms with Gasteiger partial charge in [0, 0.05) is 13.1 Å². The predicted octanol–water partition coefficient (Wildman–Crippen LogP) is 0.379. The van der Waals surface area contributed by atoms with Crippen LogP contribution in [0.1, 0.15) is 36.2 Å². The number of nitrogens with zero attached hydrogens (tertiary/aromatic N) is 4. The topological polar surface area (TPSA) is 88.3 Å². The number of hydrogen-bond donors (Lipinski definition) is 1. The van der Waals surface area contributed by atoms with Crippen LogP contribution >= 0.6 is 0 Å². The van der Waals surface area contributed by atoms with Crippen molar-refractivity contribution in [3.8, 4) is 0 Å². The first-order valence-corrected chi connectivity index (χ1v) is 6.08. The molecule has 2 rings (SSSR count). The van der Waals surface area contributed by atoms with Crippen LogP contribution in [0.3, 0.4) is 0 Å². The highest BCUT2D eigenvalue weighted by atomic mass is 16.4. The molecule has 7 nitrogen and oxygen atoms in total. The Morgan fingerprint density at radius 1 is 1.22 bits per heavy atom. The Hall–Kier alpha value is -1.92. The van der Waals surface area contributed by atoms with Crippen molar-refractivity contribution in [1.29, 1.82) is 0 Å². The number of carboxylic acid groups (broad SMARTS) is 1. The zero-order chi connectivity index (χ0) is 13.0. The Morgan fingerprint density at radius 2 is 1.89 bits per heavy atom. The lowest BCUT2D eigenvalue weighted by molar-refractivity contribution is -0.132. The van der Waals surface area contributed by atoms with Gasteiger partial charge >= 0.3 is 5.97 Å². The van der Waals surface area contributed by atoms with Gasteiger partial charge in [0.15, 0.2) is 5.69 Å². The van der Waals surface area contributed by atoms with Gasteiger partial charge in [-0.25, -0.2) is 9.48 Å². The van der Waals surface area contributed by atoms with Crippen molar-refractivity contribution in [3.63, 3.8) is 0 Å². The lowest BCUT2D eigenvalue weighted by Crippen LogP contribution is -2.35. The highest BCUT2D eigenvalue weighted by Crippen LogP contribution is 2.10. The standard InChI is InChI=1S/C11H16N4O3/c16-10(14-5-3-1-2-4-6-14)8-15-9(11(17)18)7-12-13-15/h7H,1-6,8H2,(H,17,18). The Morgan fingerprint density at radius 3 is 2.50 bits per heavy atom. The molecule has 1 fully saturated rings. The molecule has 0 saturated carbocycles. The van der Waals surface area contributed by atoms with Gasteiger partial charge in [-0.1, -0.05) is 18.1 Å². The first-order valence-electron chi connectivity index (χ1n) is 6.08. The molecule has 1 N–H and O–H groups in total. The van der Waals surface area contributed by atoms with Crippen LogP contribution in [0.15, 0.2) is 6.20 Å². The third-order valence-corrected chi connectivity index (χ3v) is 3.08. The van der Waals surface area contributed by atoms with Crippen LogP contribution in [-0.2, 0) is 11.3 Å². The fraction of sp³-hybridized carbons (Fsp3) is 0.636. The second-order valence-corrected chi connectivity index (χ2v) is 4.38. The van der Waals surface area contributed by atoms with E-state index in [1.54, 1.807) is 4.90 Å². The zero-order valence-corrected chi connectivity index (χ0v) is 10.1. The average Bonchev–Trinajstić information content (AvgIpc) is 2.63. The molecule has 0 aromatic carbocycles. The normalized spacial score (nSPS) is 16.3. The minimum Gasteiger partial charge on any atom is -0.476 e. The number of carbonyl (C=O) groups is 2. The van der Waals surface area contributed by atoms with Gasteiger partial charge in [-0.2, -0.15) is 0 Å². The molecular formula is C11H16N4O3. The van der Waals surface area contributed by atoms with Gasteiger partial charge in [0.2, 0.25) is 5.91 Å². The molecular weight excluding hydrogens is 236 g/mol. The molecule has 0 unspecified atom stereocenters. The summed E-state index contributed by atoms with van der Waals surface area (Å²) in [6.45, 7) is 1.44. The van der Waals surface area contributed by atoms with E-state index in [0.717, 1.165) is 49.7 Å². The van der Waals surface area contributed by atoms with Gasteiger partial charge in [-0.15, -0.1) is 5.10 Å². The largest absolute Gasteiger partial charge is 0.476 e. The van der Waals surface area contributed by atoms with Crippen LogP contribution in [0, 0.1) is 0 Å². The summed E-state index contributed by atoms with van der Waals surface area (Å²) in [6.07, 6.45) is 5.46. The van der Waals surface area contributed by atoms with E-state index in [4.69, 9.17) is 5.11 Å². The molecule has 1 aromatic heterocycles. The monoisotopic (exact) mass is 252 g/mol. The second kappa shape index (κ2) is 5.61. The summed E-state index contributed by atoms with van der Waals surface area (Å²) in [4.78, 5) is 24.7. The van der Waals surface area contributed by atoms with Crippen LogP contribution in [-0.4, -0.2) is 50.0 Å². The fourth-order valence-corrected chi connectivity index (χ4v) is 2.09. The Labute approximate surface area is 104 Å². The highest BCUT2D eigenvalue weighted by molar-refractivity contribution is 5.86. The minimum absolute atomic E-state index is 0.0539. The highest BCUT2D eigenvalue weighted by Gasteiger charge is 2.19. The van der Waals surface area contributed by atoms with Gasteiger partial charge < -0.3 is 10.0 Å².